The number of nitrogens with zero attached hydrogens (tertiary/aromatic N) is 2. The van der Waals surface area contributed by atoms with E-state index in [2.05, 4.69) is 4.98 Å². The maximum Gasteiger partial charge on any atom is 0.326 e. The topological polar surface area (TPSA) is 117 Å². The number of carboxylic acids is 1. The Morgan fingerprint density at radius 3 is 2.72 bits per heavy atom. The molecule has 1 saturated heterocycles. The summed E-state index contributed by atoms with van der Waals surface area (Å²) in [5, 5.41) is 18.8. The third-order valence-corrected chi connectivity index (χ3v) is 3.81. The molecular formula is C10H13N3O4S. The van der Waals surface area contributed by atoms with Gasteiger partial charge in [-0.2, -0.15) is 0 Å². The van der Waals surface area contributed by atoms with E-state index in [0.29, 0.717) is 10.6 Å². The number of thiazole rings is 1. The molecule has 1 unspecified atom stereocenters. The minimum absolute atomic E-state index is 0.0209. The van der Waals surface area contributed by atoms with E-state index >= 15 is 0 Å². The van der Waals surface area contributed by atoms with Crippen LogP contribution in [0, 0.1) is 6.92 Å². The lowest BCUT2D eigenvalue weighted by molar-refractivity contribution is -0.141. The minimum atomic E-state index is -1.12. The average Bonchev–Trinajstić information content (AvgIpc) is 2.81. The molecule has 4 N–H and O–H groups in total. The van der Waals surface area contributed by atoms with Gasteiger partial charge < -0.3 is 20.8 Å². The van der Waals surface area contributed by atoms with Crippen LogP contribution in [0.5, 0.6) is 0 Å². The van der Waals surface area contributed by atoms with Crippen molar-refractivity contribution in [3.8, 4) is 0 Å². The number of nitrogen functional groups attached to an aromatic ring is 1. The fourth-order valence-electron chi connectivity index (χ4n) is 2.02. The van der Waals surface area contributed by atoms with Gasteiger partial charge in [-0.3, -0.25) is 4.79 Å². The van der Waals surface area contributed by atoms with Crippen LogP contribution in [0.4, 0.5) is 5.13 Å². The van der Waals surface area contributed by atoms with Crippen LogP contribution in [0.25, 0.3) is 0 Å². The van der Waals surface area contributed by atoms with Crippen molar-refractivity contribution in [3.05, 3.63) is 10.6 Å². The van der Waals surface area contributed by atoms with Gasteiger partial charge in [-0.25, -0.2) is 9.78 Å². The van der Waals surface area contributed by atoms with Gasteiger partial charge in [0.25, 0.3) is 5.91 Å². The molecule has 1 fully saturated rings. The fraction of sp³-hybridized carbons (Fsp3) is 0.500. The Labute approximate surface area is 107 Å². The normalized spacial score (nSPS) is 23.3. The van der Waals surface area contributed by atoms with Gasteiger partial charge in [-0.1, -0.05) is 11.3 Å². The Morgan fingerprint density at radius 2 is 2.22 bits per heavy atom. The molecule has 0 aliphatic carbocycles. The number of rotatable bonds is 2. The molecular weight excluding hydrogens is 258 g/mol. The molecule has 18 heavy (non-hydrogen) atoms. The number of likely N-dealkylation sites (tertiary alicyclic amines) is 1. The van der Waals surface area contributed by atoms with E-state index in [-0.39, 0.29) is 18.1 Å². The van der Waals surface area contributed by atoms with Crippen molar-refractivity contribution in [1.29, 1.82) is 0 Å². The maximum atomic E-state index is 12.2. The molecule has 0 saturated carbocycles. The first-order chi connectivity index (χ1) is 8.40. The minimum Gasteiger partial charge on any atom is -0.480 e. The van der Waals surface area contributed by atoms with Gasteiger partial charge in [0.15, 0.2) is 5.13 Å². The highest BCUT2D eigenvalue weighted by Gasteiger charge is 2.40. The van der Waals surface area contributed by atoms with Crippen molar-refractivity contribution in [1.82, 2.24) is 9.88 Å². The number of amides is 1. The zero-order valence-electron chi connectivity index (χ0n) is 9.66. The first-order valence-electron chi connectivity index (χ1n) is 5.35. The van der Waals surface area contributed by atoms with Crippen LogP contribution in [0.2, 0.25) is 0 Å². The summed E-state index contributed by atoms with van der Waals surface area (Å²) in [7, 11) is 0. The van der Waals surface area contributed by atoms with Crippen molar-refractivity contribution in [2.45, 2.75) is 25.5 Å². The number of aryl methyl sites for hydroxylation is 1. The first kappa shape index (κ1) is 12.8. The van der Waals surface area contributed by atoms with Gasteiger partial charge in [0.2, 0.25) is 0 Å². The maximum absolute atomic E-state index is 12.2. The Kier molecular flexibility index (Phi) is 3.22. The molecule has 0 aromatic carbocycles. The first-order valence-corrected chi connectivity index (χ1v) is 6.16. The molecule has 2 heterocycles. The molecule has 7 nitrogen and oxygen atoms in total. The molecule has 8 heteroatoms. The average molecular weight is 271 g/mol. The predicted octanol–water partition coefficient (Wildman–Crippen LogP) is -0.306. The zero-order valence-corrected chi connectivity index (χ0v) is 10.5. The number of aliphatic hydroxyl groups is 1. The number of aliphatic carboxylic acids is 1. The van der Waals surface area contributed by atoms with E-state index < -0.39 is 24.0 Å². The van der Waals surface area contributed by atoms with E-state index in [4.69, 9.17) is 10.8 Å². The van der Waals surface area contributed by atoms with Crippen LogP contribution in [-0.4, -0.2) is 50.7 Å². The van der Waals surface area contributed by atoms with Gasteiger partial charge in [-0.05, 0) is 6.92 Å². The second kappa shape index (κ2) is 4.54. The van der Waals surface area contributed by atoms with Crippen LogP contribution in [0.3, 0.4) is 0 Å². The molecule has 2 rings (SSSR count). The third kappa shape index (κ3) is 2.16. The van der Waals surface area contributed by atoms with Crippen molar-refractivity contribution < 1.29 is 19.8 Å². The largest absolute Gasteiger partial charge is 0.480 e. The summed E-state index contributed by atoms with van der Waals surface area (Å²) in [6.07, 6.45) is -0.755. The number of hydrogen-bond acceptors (Lipinski definition) is 6. The van der Waals surface area contributed by atoms with Gasteiger partial charge in [0, 0.05) is 13.0 Å². The van der Waals surface area contributed by atoms with E-state index in [1.807, 2.05) is 0 Å². The number of carbonyl (C=O) groups is 2. The van der Waals surface area contributed by atoms with Crippen molar-refractivity contribution in [2.24, 2.45) is 0 Å². The lowest BCUT2D eigenvalue weighted by Crippen LogP contribution is -2.40. The van der Waals surface area contributed by atoms with Gasteiger partial charge in [-0.15, -0.1) is 0 Å². The fourth-order valence-corrected chi connectivity index (χ4v) is 2.81. The summed E-state index contributed by atoms with van der Waals surface area (Å²) in [6, 6.07) is -0.991. The number of anilines is 1. The van der Waals surface area contributed by atoms with Crippen LogP contribution in [-0.2, 0) is 4.79 Å². The second-order valence-corrected chi connectivity index (χ2v) is 5.20. The Balaban J connectivity index is 2.28. The summed E-state index contributed by atoms with van der Waals surface area (Å²) in [5.74, 6) is -1.55. The van der Waals surface area contributed by atoms with E-state index in [1.165, 1.54) is 0 Å². The predicted molar refractivity (Wildman–Crippen MR) is 64.3 cm³/mol. The summed E-state index contributed by atoms with van der Waals surface area (Å²) in [5.41, 5.74) is 5.99. The Bertz CT molecular complexity index is 501. The molecule has 2 atom stereocenters. The smallest absolute Gasteiger partial charge is 0.326 e. The number of β-amino-alcohol motifs (C(OH)–C–C–N with tert-alkyl or cyclic N) is 1. The highest BCUT2D eigenvalue weighted by atomic mass is 32.1. The second-order valence-electron chi connectivity index (χ2n) is 4.17. The SMILES string of the molecule is Cc1nc(N)sc1C(=O)N1CC(O)C[C@H]1C(=O)O. The Morgan fingerprint density at radius 1 is 1.56 bits per heavy atom. The number of aromatic nitrogens is 1. The van der Waals surface area contributed by atoms with E-state index in [0.717, 1.165) is 16.2 Å². The van der Waals surface area contributed by atoms with Crippen LogP contribution < -0.4 is 5.73 Å². The molecule has 1 amide bonds. The molecule has 1 aliphatic rings. The molecule has 0 radical (unpaired) electrons. The van der Waals surface area contributed by atoms with Gasteiger partial charge in [0.05, 0.1) is 11.8 Å². The van der Waals surface area contributed by atoms with Crippen LogP contribution >= 0.6 is 11.3 Å². The lowest BCUT2D eigenvalue weighted by atomic mass is 10.2. The van der Waals surface area contributed by atoms with Crippen LogP contribution in [0.15, 0.2) is 0 Å². The standard InChI is InChI=1S/C10H13N3O4S/c1-4-7(18-10(11)12-4)8(15)13-3-5(14)2-6(13)9(16)17/h5-6,14H,2-3H2,1H3,(H2,11,12)(H,16,17)/t5?,6-/m0/s1. The summed E-state index contributed by atoms with van der Waals surface area (Å²) < 4.78 is 0. The summed E-state index contributed by atoms with van der Waals surface area (Å²) in [4.78, 5) is 28.7. The molecule has 0 bridgehead atoms. The Hall–Kier alpha value is -1.67. The number of carboxylic acid groups (broad SMARTS) is 1. The van der Waals surface area contributed by atoms with Gasteiger partial charge >= 0.3 is 5.97 Å². The van der Waals surface area contributed by atoms with Crippen molar-refractivity contribution in [2.75, 3.05) is 12.3 Å². The van der Waals surface area contributed by atoms with E-state index in [9.17, 15) is 14.7 Å². The number of aliphatic hydroxyl groups excluding tert-OH is 1. The number of nitrogens with two attached hydrogens (primary N) is 1. The van der Waals surface area contributed by atoms with Crippen molar-refractivity contribution >= 4 is 28.3 Å². The molecule has 0 spiro atoms. The number of carbonyl (C=O) groups excluding carboxylic acids is 1. The molecule has 98 valence electrons. The highest BCUT2D eigenvalue weighted by Crippen LogP contribution is 2.26. The summed E-state index contributed by atoms with van der Waals surface area (Å²) >= 11 is 1.03. The third-order valence-electron chi connectivity index (χ3n) is 2.83. The molecule has 1 aliphatic heterocycles. The molecule has 1 aromatic rings. The zero-order chi connectivity index (χ0) is 13.4. The van der Waals surface area contributed by atoms with Gasteiger partial charge in [0.1, 0.15) is 10.9 Å². The van der Waals surface area contributed by atoms with E-state index in [1.54, 1.807) is 6.92 Å². The number of hydrogen-bond donors (Lipinski definition) is 3. The summed E-state index contributed by atoms with van der Waals surface area (Å²) in [6.45, 7) is 1.66. The van der Waals surface area contributed by atoms with Crippen LogP contribution in [0.1, 0.15) is 21.8 Å². The highest BCUT2D eigenvalue weighted by molar-refractivity contribution is 7.17. The van der Waals surface area contributed by atoms with Crippen molar-refractivity contribution in [3.63, 3.8) is 0 Å². The quantitative estimate of drug-likeness (QED) is 0.679. The molecule has 1 aromatic heterocycles. The monoisotopic (exact) mass is 271 g/mol. The lowest BCUT2D eigenvalue weighted by Gasteiger charge is -2.20.